The summed E-state index contributed by atoms with van der Waals surface area (Å²) in [5.74, 6) is 0. The third-order valence-corrected chi connectivity index (χ3v) is 2.94. The van der Waals surface area contributed by atoms with Gasteiger partial charge in [0, 0.05) is 12.6 Å². The zero-order valence-corrected chi connectivity index (χ0v) is 12.6. The molecule has 19 heavy (non-hydrogen) atoms. The molecule has 0 amide bonds. The maximum absolute atomic E-state index is 6.03. The summed E-state index contributed by atoms with van der Waals surface area (Å²) in [6.45, 7) is 13.1. The fraction of sp³-hybridized carbons (Fsp3) is 0.529. The van der Waals surface area contributed by atoms with E-state index < -0.39 is 0 Å². The third kappa shape index (κ3) is 6.55. The molecule has 2 nitrogen and oxygen atoms in total. The largest absolute Gasteiger partial charge is 0.371 e. The lowest BCUT2D eigenvalue weighted by atomic mass is 10.1. The molecule has 1 N–H and O–H groups in total. The van der Waals surface area contributed by atoms with Gasteiger partial charge in [-0.2, -0.15) is 0 Å². The summed E-state index contributed by atoms with van der Waals surface area (Å²) in [4.78, 5) is 0. The molecule has 0 bridgehead atoms. The monoisotopic (exact) mass is 261 g/mol. The minimum absolute atomic E-state index is 0.118. The standard InChI is InChI=1S/C17H27NO/c1-6-10-16(14(2)19-17(3,4)5)18-13-15-11-8-7-9-12-15/h6-9,11-12,14,16,18H,1,10,13H2,2-5H3/t14-,16-/m0/s1. The first-order chi connectivity index (χ1) is 8.92. The molecule has 0 aromatic heterocycles. The highest BCUT2D eigenvalue weighted by atomic mass is 16.5. The Morgan fingerprint density at radius 2 is 1.89 bits per heavy atom. The van der Waals surface area contributed by atoms with E-state index in [1.54, 1.807) is 0 Å². The molecular formula is C17H27NO. The molecule has 2 atom stereocenters. The highest BCUT2D eigenvalue weighted by Crippen LogP contribution is 2.15. The summed E-state index contributed by atoms with van der Waals surface area (Å²) in [6, 6.07) is 10.7. The molecule has 0 spiro atoms. The molecule has 106 valence electrons. The Kier molecular flexibility index (Phi) is 6.26. The molecule has 1 rings (SSSR count). The summed E-state index contributed by atoms with van der Waals surface area (Å²) >= 11 is 0. The van der Waals surface area contributed by atoms with Gasteiger partial charge >= 0.3 is 0 Å². The fourth-order valence-electron chi connectivity index (χ4n) is 2.11. The predicted molar refractivity (Wildman–Crippen MR) is 82.2 cm³/mol. The first-order valence-electron chi connectivity index (χ1n) is 6.98. The van der Waals surface area contributed by atoms with Crippen LogP contribution in [0.4, 0.5) is 0 Å². The fourth-order valence-corrected chi connectivity index (χ4v) is 2.11. The van der Waals surface area contributed by atoms with Gasteiger partial charge in [-0.3, -0.25) is 0 Å². The third-order valence-electron chi connectivity index (χ3n) is 2.94. The number of nitrogens with one attached hydrogen (secondary N) is 1. The molecular weight excluding hydrogens is 234 g/mol. The molecule has 0 aliphatic rings. The second-order valence-electron chi connectivity index (χ2n) is 5.93. The van der Waals surface area contributed by atoms with Gasteiger partial charge in [0.25, 0.3) is 0 Å². The van der Waals surface area contributed by atoms with E-state index in [2.05, 4.69) is 63.9 Å². The molecule has 0 saturated heterocycles. The summed E-state index contributed by atoms with van der Waals surface area (Å²) in [6.07, 6.45) is 3.01. The molecule has 0 saturated carbocycles. The average Bonchev–Trinajstić information content (AvgIpc) is 2.33. The molecule has 0 radical (unpaired) electrons. The van der Waals surface area contributed by atoms with Crippen LogP contribution in [0.1, 0.15) is 39.7 Å². The molecule has 0 fully saturated rings. The van der Waals surface area contributed by atoms with Gasteiger partial charge in [-0.1, -0.05) is 36.4 Å². The van der Waals surface area contributed by atoms with Crippen LogP contribution in [-0.2, 0) is 11.3 Å². The van der Waals surface area contributed by atoms with Crippen LogP contribution in [0.25, 0.3) is 0 Å². The summed E-state index contributed by atoms with van der Waals surface area (Å²) in [5, 5.41) is 3.56. The normalized spacial score (nSPS) is 14.9. The van der Waals surface area contributed by atoms with Gasteiger partial charge in [-0.05, 0) is 39.7 Å². The lowest BCUT2D eigenvalue weighted by Crippen LogP contribution is -2.42. The SMILES string of the molecule is C=CC[C@H](NCc1ccccc1)[C@H](C)OC(C)(C)C. The van der Waals surface area contributed by atoms with Gasteiger partial charge in [0.1, 0.15) is 0 Å². The van der Waals surface area contributed by atoms with Crippen molar-refractivity contribution in [3.05, 3.63) is 48.6 Å². The van der Waals surface area contributed by atoms with E-state index in [9.17, 15) is 0 Å². The Morgan fingerprint density at radius 3 is 2.42 bits per heavy atom. The van der Waals surface area contributed by atoms with Crippen LogP contribution in [0.3, 0.4) is 0 Å². The van der Waals surface area contributed by atoms with Gasteiger partial charge in [-0.25, -0.2) is 0 Å². The van der Waals surface area contributed by atoms with Crippen LogP contribution < -0.4 is 5.32 Å². The van der Waals surface area contributed by atoms with Crippen LogP contribution in [0.5, 0.6) is 0 Å². The maximum atomic E-state index is 6.03. The van der Waals surface area contributed by atoms with Gasteiger partial charge in [0.05, 0.1) is 11.7 Å². The van der Waals surface area contributed by atoms with Crippen molar-refractivity contribution >= 4 is 0 Å². The van der Waals surface area contributed by atoms with Crippen LogP contribution in [-0.4, -0.2) is 17.7 Å². The Labute approximate surface area is 117 Å². The topological polar surface area (TPSA) is 21.3 Å². The number of benzene rings is 1. The molecule has 0 heterocycles. The quantitative estimate of drug-likeness (QED) is 0.751. The summed E-state index contributed by atoms with van der Waals surface area (Å²) < 4.78 is 6.03. The Bertz CT molecular complexity index is 367. The van der Waals surface area contributed by atoms with Gasteiger partial charge in [0.15, 0.2) is 0 Å². The van der Waals surface area contributed by atoms with Gasteiger partial charge in [-0.15, -0.1) is 6.58 Å². The molecule has 1 aromatic carbocycles. The Hall–Kier alpha value is -1.12. The van der Waals surface area contributed by atoms with E-state index in [4.69, 9.17) is 4.74 Å². The van der Waals surface area contributed by atoms with Crippen LogP contribution in [0.2, 0.25) is 0 Å². The second kappa shape index (κ2) is 7.46. The highest BCUT2D eigenvalue weighted by Gasteiger charge is 2.22. The van der Waals surface area contributed by atoms with Crippen LogP contribution >= 0.6 is 0 Å². The second-order valence-corrected chi connectivity index (χ2v) is 5.93. The van der Waals surface area contributed by atoms with E-state index in [0.29, 0.717) is 0 Å². The Balaban J connectivity index is 2.55. The van der Waals surface area contributed by atoms with E-state index in [1.165, 1.54) is 5.56 Å². The lowest BCUT2D eigenvalue weighted by molar-refractivity contribution is -0.0660. The smallest absolute Gasteiger partial charge is 0.0710 e. The molecule has 0 unspecified atom stereocenters. The minimum atomic E-state index is -0.118. The van der Waals surface area contributed by atoms with Crippen molar-refractivity contribution in [1.29, 1.82) is 0 Å². The van der Waals surface area contributed by atoms with Gasteiger partial charge < -0.3 is 10.1 Å². The molecule has 1 aromatic rings. The molecule has 2 heteroatoms. The van der Waals surface area contributed by atoms with Crippen molar-refractivity contribution in [3.63, 3.8) is 0 Å². The number of rotatable bonds is 7. The highest BCUT2D eigenvalue weighted by molar-refractivity contribution is 5.14. The first kappa shape index (κ1) is 15.9. The van der Waals surface area contributed by atoms with Crippen molar-refractivity contribution in [1.82, 2.24) is 5.32 Å². The van der Waals surface area contributed by atoms with Crippen molar-refractivity contribution in [3.8, 4) is 0 Å². The number of hydrogen-bond donors (Lipinski definition) is 1. The van der Waals surface area contributed by atoms with Crippen molar-refractivity contribution < 1.29 is 4.74 Å². The van der Waals surface area contributed by atoms with E-state index >= 15 is 0 Å². The molecule has 0 aliphatic heterocycles. The number of ether oxygens (including phenoxy) is 1. The summed E-state index contributed by atoms with van der Waals surface area (Å²) in [5.41, 5.74) is 1.17. The van der Waals surface area contributed by atoms with Crippen molar-refractivity contribution in [2.45, 2.75) is 58.4 Å². The van der Waals surface area contributed by atoms with Crippen molar-refractivity contribution in [2.75, 3.05) is 0 Å². The maximum Gasteiger partial charge on any atom is 0.0710 e. The van der Waals surface area contributed by atoms with E-state index in [0.717, 1.165) is 13.0 Å². The zero-order valence-electron chi connectivity index (χ0n) is 12.6. The van der Waals surface area contributed by atoms with E-state index in [-0.39, 0.29) is 17.7 Å². The predicted octanol–water partition coefficient (Wildman–Crippen LogP) is 3.92. The average molecular weight is 261 g/mol. The van der Waals surface area contributed by atoms with Crippen LogP contribution in [0.15, 0.2) is 43.0 Å². The minimum Gasteiger partial charge on any atom is -0.371 e. The van der Waals surface area contributed by atoms with Crippen molar-refractivity contribution in [2.24, 2.45) is 0 Å². The zero-order chi connectivity index (χ0) is 14.3. The summed E-state index contributed by atoms with van der Waals surface area (Å²) in [7, 11) is 0. The Morgan fingerprint density at radius 1 is 1.26 bits per heavy atom. The first-order valence-corrected chi connectivity index (χ1v) is 6.98. The lowest BCUT2D eigenvalue weighted by Gasteiger charge is -2.31. The van der Waals surface area contributed by atoms with Crippen LogP contribution in [0, 0.1) is 0 Å². The van der Waals surface area contributed by atoms with E-state index in [1.807, 2.05) is 12.1 Å². The van der Waals surface area contributed by atoms with Gasteiger partial charge in [0.2, 0.25) is 0 Å². The number of hydrogen-bond acceptors (Lipinski definition) is 2. The molecule has 0 aliphatic carbocycles.